The van der Waals surface area contributed by atoms with Gasteiger partial charge < -0.3 is 0 Å². The molecule has 3 rings (SSSR count). The van der Waals surface area contributed by atoms with Gasteiger partial charge in [-0.05, 0) is 0 Å². The second-order valence-corrected chi connectivity index (χ2v) is 12.9. The van der Waals surface area contributed by atoms with E-state index in [-0.39, 0.29) is 10.1 Å². The molecule has 0 aromatic heterocycles. The number of aliphatic hydroxyl groups is 1. The summed E-state index contributed by atoms with van der Waals surface area (Å²) in [6.45, 7) is 0. The van der Waals surface area contributed by atoms with Gasteiger partial charge in [-0.2, -0.15) is 0 Å². The summed E-state index contributed by atoms with van der Waals surface area (Å²) < 4.78 is 47.4. The molecule has 2 aliphatic heterocycles. The fraction of sp³-hybridized carbons (Fsp3) is 0.909. The quantitative estimate of drug-likeness (QED) is 0.108. The number of rotatable bonds is 4. The average Bonchev–Trinajstić information content (AvgIpc) is 3.26. The van der Waals surface area contributed by atoms with Crippen LogP contribution in [0.3, 0.4) is 0 Å². The molecule has 0 spiro atoms. The summed E-state index contributed by atoms with van der Waals surface area (Å²) in [5.41, 5.74) is 0. The Hall–Kier alpha value is 1.33. The molecule has 4 unspecified atom stereocenters. The predicted molar refractivity (Wildman–Crippen MR) is 97.7 cm³/mol. The van der Waals surface area contributed by atoms with Crippen molar-refractivity contribution < 1.29 is 27.8 Å². The van der Waals surface area contributed by atoms with Gasteiger partial charge in [0.1, 0.15) is 0 Å². The average molecular weight is 660 g/mol. The first-order valence-corrected chi connectivity index (χ1v) is 12.2. The van der Waals surface area contributed by atoms with Crippen molar-refractivity contribution in [2.75, 3.05) is 0 Å². The third kappa shape index (κ3) is 3.10. The maximum atomic E-state index is 13.1. The summed E-state index contributed by atoms with van der Waals surface area (Å²) in [6, 6.07) is 0. The molecule has 3 N–H and O–H groups in total. The Morgan fingerprint density at radius 3 is 2.41 bits per heavy atom. The molecule has 4 atom stereocenters. The van der Waals surface area contributed by atoms with Crippen LogP contribution in [0.2, 0.25) is 0 Å². The first kappa shape index (κ1) is 18.1. The van der Waals surface area contributed by atoms with Gasteiger partial charge in [0, 0.05) is 0 Å². The Morgan fingerprint density at radius 2 is 1.91 bits per heavy atom. The van der Waals surface area contributed by atoms with E-state index in [9.17, 15) is 23.1 Å². The zero-order chi connectivity index (χ0) is 16.3. The van der Waals surface area contributed by atoms with Crippen molar-refractivity contribution >= 4 is 71.5 Å². The molecule has 0 amide bonds. The van der Waals surface area contributed by atoms with Crippen LogP contribution in [0.4, 0.5) is 13.2 Å². The van der Waals surface area contributed by atoms with Crippen molar-refractivity contribution in [3.05, 3.63) is 0 Å². The van der Waals surface area contributed by atoms with E-state index < -0.39 is 52.1 Å². The van der Waals surface area contributed by atoms with Crippen molar-refractivity contribution in [3.63, 3.8) is 0 Å². The van der Waals surface area contributed by atoms with E-state index in [1.54, 1.807) is 0 Å². The van der Waals surface area contributed by atoms with Gasteiger partial charge in [0.15, 0.2) is 0 Å². The second-order valence-electron chi connectivity index (χ2n) is 5.58. The third-order valence-corrected chi connectivity index (χ3v) is 12.7. The van der Waals surface area contributed by atoms with Crippen LogP contribution in [0.15, 0.2) is 0 Å². The van der Waals surface area contributed by atoms with Gasteiger partial charge in [0.2, 0.25) is 0 Å². The molecule has 1 saturated carbocycles. The number of hydrogen-bond acceptors (Lipinski definition) is 5. The first-order chi connectivity index (χ1) is 10.1. The van der Waals surface area contributed by atoms with E-state index in [2.05, 4.69) is 7.06 Å². The summed E-state index contributed by atoms with van der Waals surface area (Å²) >= 11 is 1.70. The summed E-state index contributed by atoms with van der Waals surface area (Å²) in [5, 5.41) is 9.93. The first-order valence-electron chi connectivity index (χ1n) is 6.67. The molecule has 2 saturated heterocycles. The number of ether oxygens (including phenoxy) is 1. The maximum absolute atomic E-state index is 13.1. The minimum absolute atomic E-state index is 0.197. The molecular formula is C11H14F3I3N2O3. The van der Waals surface area contributed by atoms with Gasteiger partial charge in [-0.25, -0.2) is 0 Å². The Kier molecular flexibility index (Phi) is 4.90. The van der Waals surface area contributed by atoms with Crippen LogP contribution in [0.25, 0.3) is 0 Å². The fourth-order valence-electron chi connectivity index (χ4n) is 2.69. The van der Waals surface area contributed by atoms with Gasteiger partial charge in [-0.3, -0.25) is 0 Å². The summed E-state index contributed by atoms with van der Waals surface area (Å²) in [6.07, 6.45) is -3.79. The number of carbonyl (C=O) groups excluding carboxylic acids is 1. The Bertz CT molecular complexity index is 485. The Balaban J connectivity index is 1.68. The molecule has 11 heteroatoms. The fourth-order valence-corrected chi connectivity index (χ4v) is 10.8. The van der Waals surface area contributed by atoms with E-state index in [4.69, 9.17) is 4.74 Å². The summed E-state index contributed by atoms with van der Waals surface area (Å²) in [7, 11) is 0. The molecule has 3 aliphatic rings. The summed E-state index contributed by atoms with van der Waals surface area (Å²) in [4.78, 5) is 12.2. The monoisotopic (exact) mass is 660 g/mol. The number of hydrogen-bond donors (Lipinski definition) is 3. The predicted octanol–water partition coefficient (Wildman–Crippen LogP) is 2.77. The van der Waals surface area contributed by atoms with Crippen molar-refractivity contribution in [2.24, 2.45) is 5.92 Å². The van der Waals surface area contributed by atoms with Gasteiger partial charge in [0.25, 0.3) is 0 Å². The van der Waals surface area contributed by atoms with Crippen LogP contribution in [0.5, 0.6) is 0 Å². The van der Waals surface area contributed by atoms with E-state index in [0.717, 1.165) is 22.6 Å². The minimum atomic E-state index is -4.75. The van der Waals surface area contributed by atoms with Crippen molar-refractivity contribution in [2.45, 2.75) is 49.2 Å². The van der Waals surface area contributed by atoms with Crippen molar-refractivity contribution in [1.82, 2.24) is 7.06 Å². The number of fused-ring (bicyclic) bond motifs is 1. The molecule has 3 fully saturated rings. The summed E-state index contributed by atoms with van der Waals surface area (Å²) in [5.74, 6) is -1.62. The van der Waals surface area contributed by atoms with E-state index >= 15 is 0 Å². The van der Waals surface area contributed by atoms with Crippen molar-refractivity contribution in [1.29, 1.82) is 0 Å². The van der Waals surface area contributed by atoms with Gasteiger partial charge >= 0.3 is 161 Å². The Morgan fingerprint density at radius 1 is 1.36 bits per heavy atom. The molecule has 0 bridgehead atoms. The van der Waals surface area contributed by atoms with E-state index in [0.29, 0.717) is 19.3 Å². The molecule has 2 heterocycles. The van der Waals surface area contributed by atoms with E-state index in [1.807, 2.05) is 22.6 Å². The van der Waals surface area contributed by atoms with E-state index in [1.165, 1.54) is 0 Å². The second kappa shape index (κ2) is 5.95. The van der Waals surface area contributed by atoms with Crippen LogP contribution in [-0.2, 0) is 9.53 Å². The van der Waals surface area contributed by atoms with Gasteiger partial charge in [-0.1, -0.05) is 0 Å². The topological polar surface area (TPSA) is 90.4 Å². The SMILES string of the molecule is O=C(OC1CCCCC1C(O)(I)C(F)(F)F)C(I)C12NI1N2. The number of alkyl halides is 6. The molecule has 0 aromatic rings. The van der Waals surface area contributed by atoms with Gasteiger partial charge in [-0.15, -0.1) is 0 Å². The number of halogens is 6. The standard InChI is InChI=1S/C11H14F3I3N2O3/c12-11(13,14)9(16,21)5-3-1-2-4-6(5)22-8(20)7(15)10-17(18-10)19-10/h5-7,18-19,21H,1-4H2. The molecular weight excluding hydrogens is 646 g/mol. The molecule has 1 aliphatic carbocycles. The van der Waals surface area contributed by atoms with Crippen LogP contribution in [0.1, 0.15) is 25.7 Å². The normalized spacial score (nSPS) is 35.1. The van der Waals surface area contributed by atoms with Crippen LogP contribution >= 0.6 is 65.5 Å². The zero-order valence-electron chi connectivity index (χ0n) is 11.1. The zero-order valence-corrected chi connectivity index (χ0v) is 17.6. The molecule has 0 aromatic carbocycles. The molecule has 22 heavy (non-hydrogen) atoms. The Labute approximate surface area is 160 Å². The number of carbonyl (C=O) groups is 1. The number of esters is 1. The third-order valence-electron chi connectivity index (χ3n) is 4.11. The molecule has 0 radical (unpaired) electrons. The van der Waals surface area contributed by atoms with Gasteiger partial charge in [0.05, 0.1) is 0 Å². The van der Waals surface area contributed by atoms with Crippen LogP contribution in [-0.4, -0.2) is 34.6 Å². The number of nitrogens with one attached hydrogen (secondary N) is 2. The van der Waals surface area contributed by atoms with Crippen molar-refractivity contribution in [3.8, 4) is 0 Å². The molecule has 128 valence electrons. The molecule has 5 nitrogen and oxygen atoms in total. The van der Waals surface area contributed by atoms with Crippen LogP contribution in [0, 0.1) is 5.92 Å². The van der Waals surface area contributed by atoms with Crippen LogP contribution < -0.4 is 7.06 Å².